The summed E-state index contributed by atoms with van der Waals surface area (Å²) in [5.41, 5.74) is 1.56. The van der Waals surface area contributed by atoms with Gasteiger partial charge in [-0.3, -0.25) is 4.79 Å². The maximum absolute atomic E-state index is 12.9. The zero-order valence-corrected chi connectivity index (χ0v) is 15.5. The fourth-order valence-electron chi connectivity index (χ4n) is 3.41. The van der Waals surface area contributed by atoms with Crippen molar-refractivity contribution in [2.45, 2.75) is 39.0 Å². The standard InChI is InChI=1S/C20H22N4O3/c1-3-16-21-13(2)17(26-16)20(25)24-11-7-10-15(12-24)19-22-18(23-27-19)14-8-5-4-6-9-14/h4-6,8-9,15H,3,7,10-12H2,1-2H3/t15-/m1/s1. The lowest BCUT2D eigenvalue weighted by Gasteiger charge is -2.30. The Bertz CT molecular complexity index is 932. The zero-order chi connectivity index (χ0) is 18.8. The molecule has 0 bridgehead atoms. The number of carbonyl (C=O) groups is 1. The highest BCUT2D eigenvalue weighted by Crippen LogP contribution is 2.28. The minimum atomic E-state index is -0.118. The Balaban J connectivity index is 1.50. The van der Waals surface area contributed by atoms with E-state index in [0.717, 1.165) is 18.4 Å². The predicted octanol–water partition coefficient (Wildman–Crippen LogP) is 3.62. The first-order valence-electron chi connectivity index (χ1n) is 9.30. The molecule has 1 saturated heterocycles. The van der Waals surface area contributed by atoms with Crippen LogP contribution < -0.4 is 0 Å². The van der Waals surface area contributed by atoms with Gasteiger partial charge in [-0.15, -0.1) is 0 Å². The molecule has 1 aliphatic heterocycles. The summed E-state index contributed by atoms with van der Waals surface area (Å²) in [5, 5.41) is 4.10. The first-order valence-corrected chi connectivity index (χ1v) is 9.30. The van der Waals surface area contributed by atoms with Crippen molar-refractivity contribution in [3.05, 3.63) is 53.6 Å². The lowest BCUT2D eigenvalue weighted by atomic mass is 9.97. The van der Waals surface area contributed by atoms with E-state index in [9.17, 15) is 4.79 Å². The zero-order valence-electron chi connectivity index (χ0n) is 15.5. The fraction of sp³-hybridized carbons (Fsp3) is 0.400. The first kappa shape index (κ1) is 17.5. The van der Waals surface area contributed by atoms with Crippen LogP contribution in [0.15, 0.2) is 39.3 Å². The third-order valence-corrected chi connectivity index (χ3v) is 4.87. The number of aryl methyl sites for hydroxylation is 2. The number of aromatic nitrogens is 3. The van der Waals surface area contributed by atoms with E-state index in [1.54, 1.807) is 4.90 Å². The Morgan fingerprint density at radius 3 is 2.81 bits per heavy atom. The van der Waals surface area contributed by atoms with Gasteiger partial charge in [0, 0.05) is 25.1 Å². The molecule has 7 heteroatoms. The molecule has 0 aliphatic carbocycles. The molecule has 0 N–H and O–H groups in total. The summed E-state index contributed by atoms with van der Waals surface area (Å²) in [6, 6.07) is 9.73. The van der Waals surface area contributed by atoms with Gasteiger partial charge in [0.05, 0.1) is 11.6 Å². The number of likely N-dealkylation sites (tertiary alicyclic amines) is 1. The van der Waals surface area contributed by atoms with Crippen LogP contribution in [0.2, 0.25) is 0 Å². The van der Waals surface area contributed by atoms with Crippen LogP contribution in [0, 0.1) is 6.92 Å². The SMILES string of the molecule is CCc1nc(C)c(C(=O)N2CCC[C@@H](c3nc(-c4ccccc4)no3)C2)o1. The van der Waals surface area contributed by atoms with Crippen LogP contribution in [0.3, 0.4) is 0 Å². The highest BCUT2D eigenvalue weighted by molar-refractivity contribution is 5.92. The van der Waals surface area contributed by atoms with E-state index in [0.29, 0.717) is 48.6 Å². The highest BCUT2D eigenvalue weighted by atomic mass is 16.5. The number of benzene rings is 1. The molecular weight excluding hydrogens is 344 g/mol. The quantitative estimate of drug-likeness (QED) is 0.701. The van der Waals surface area contributed by atoms with Crippen molar-refractivity contribution in [1.29, 1.82) is 0 Å². The molecule has 1 fully saturated rings. The van der Waals surface area contributed by atoms with Crippen LogP contribution in [0.4, 0.5) is 0 Å². The minimum Gasteiger partial charge on any atom is -0.435 e. The average molecular weight is 366 g/mol. The third-order valence-electron chi connectivity index (χ3n) is 4.87. The molecule has 140 valence electrons. The van der Waals surface area contributed by atoms with Gasteiger partial charge in [-0.05, 0) is 19.8 Å². The van der Waals surface area contributed by atoms with Crippen molar-refractivity contribution in [3.8, 4) is 11.4 Å². The molecule has 0 unspecified atom stereocenters. The summed E-state index contributed by atoms with van der Waals surface area (Å²) >= 11 is 0. The first-order chi connectivity index (χ1) is 13.2. The van der Waals surface area contributed by atoms with Crippen LogP contribution in [0.25, 0.3) is 11.4 Å². The largest absolute Gasteiger partial charge is 0.435 e. The summed E-state index contributed by atoms with van der Waals surface area (Å²) in [4.78, 5) is 23.5. The maximum Gasteiger partial charge on any atom is 0.291 e. The van der Waals surface area contributed by atoms with Crippen LogP contribution >= 0.6 is 0 Å². The van der Waals surface area contributed by atoms with E-state index < -0.39 is 0 Å². The molecule has 3 aromatic rings. The van der Waals surface area contributed by atoms with Gasteiger partial charge in [-0.2, -0.15) is 4.98 Å². The van der Waals surface area contributed by atoms with Crippen molar-refractivity contribution >= 4 is 5.91 Å². The van der Waals surface area contributed by atoms with Crippen LogP contribution in [0.5, 0.6) is 0 Å². The van der Waals surface area contributed by atoms with Gasteiger partial charge < -0.3 is 13.8 Å². The summed E-state index contributed by atoms with van der Waals surface area (Å²) in [7, 11) is 0. The molecule has 1 atom stereocenters. The Morgan fingerprint density at radius 2 is 2.07 bits per heavy atom. The van der Waals surface area contributed by atoms with Gasteiger partial charge in [0.15, 0.2) is 5.89 Å². The number of piperidine rings is 1. The number of hydrogen-bond acceptors (Lipinski definition) is 6. The van der Waals surface area contributed by atoms with Crippen molar-refractivity contribution in [2.24, 2.45) is 0 Å². The van der Waals surface area contributed by atoms with Crippen molar-refractivity contribution in [1.82, 2.24) is 20.0 Å². The second-order valence-corrected chi connectivity index (χ2v) is 6.79. The lowest BCUT2D eigenvalue weighted by molar-refractivity contribution is 0.0660. The molecule has 0 saturated carbocycles. The van der Waals surface area contributed by atoms with E-state index in [4.69, 9.17) is 8.94 Å². The summed E-state index contributed by atoms with van der Waals surface area (Å²) < 4.78 is 11.1. The number of nitrogens with zero attached hydrogens (tertiary/aromatic N) is 4. The molecule has 0 radical (unpaired) electrons. The number of amides is 1. The van der Waals surface area contributed by atoms with Crippen molar-refractivity contribution in [3.63, 3.8) is 0 Å². The maximum atomic E-state index is 12.9. The topological polar surface area (TPSA) is 85.3 Å². The smallest absolute Gasteiger partial charge is 0.291 e. The van der Waals surface area contributed by atoms with Gasteiger partial charge in [0.25, 0.3) is 5.91 Å². The molecule has 1 amide bonds. The highest BCUT2D eigenvalue weighted by Gasteiger charge is 2.31. The molecule has 1 aliphatic rings. The van der Waals surface area contributed by atoms with E-state index in [-0.39, 0.29) is 11.8 Å². The molecular formula is C20H22N4O3. The predicted molar refractivity (Wildman–Crippen MR) is 98.2 cm³/mol. The van der Waals surface area contributed by atoms with Crippen molar-refractivity contribution < 1.29 is 13.7 Å². The van der Waals surface area contributed by atoms with Crippen LogP contribution in [-0.2, 0) is 6.42 Å². The molecule has 0 spiro atoms. The minimum absolute atomic E-state index is 0.0292. The third kappa shape index (κ3) is 3.49. The lowest BCUT2D eigenvalue weighted by Crippen LogP contribution is -2.39. The number of hydrogen-bond donors (Lipinski definition) is 0. The van der Waals surface area contributed by atoms with E-state index >= 15 is 0 Å². The van der Waals surface area contributed by atoms with Gasteiger partial charge in [0.1, 0.15) is 0 Å². The van der Waals surface area contributed by atoms with Gasteiger partial charge in [-0.25, -0.2) is 4.98 Å². The Morgan fingerprint density at radius 1 is 1.26 bits per heavy atom. The molecule has 7 nitrogen and oxygen atoms in total. The van der Waals surface area contributed by atoms with E-state index in [2.05, 4.69) is 15.1 Å². The summed E-state index contributed by atoms with van der Waals surface area (Å²) in [5.74, 6) is 1.99. The second kappa shape index (κ2) is 7.34. The molecule has 2 aromatic heterocycles. The molecule has 1 aromatic carbocycles. The summed E-state index contributed by atoms with van der Waals surface area (Å²) in [6.07, 6.45) is 2.46. The Kier molecular flexibility index (Phi) is 4.75. The molecule has 27 heavy (non-hydrogen) atoms. The Hall–Kier alpha value is -2.96. The van der Waals surface area contributed by atoms with Gasteiger partial charge >= 0.3 is 0 Å². The molecule has 3 heterocycles. The Labute approximate surface area is 157 Å². The normalized spacial score (nSPS) is 17.3. The number of oxazole rings is 1. The van der Waals surface area contributed by atoms with E-state index in [1.807, 2.05) is 44.2 Å². The van der Waals surface area contributed by atoms with Crippen LogP contribution in [-0.4, -0.2) is 39.0 Å². The number of rotatable bonds is 4. The monoisotopic (exact) mass is 366 g/mol. The molecule has 4 rings (SSSR count). The van der Waals surface area contributed by atoms with Gasteiger partial charge in [-0.1, -0.05) is 42.4 Å². The van der Waals surface area contributed by atoms with Crippen molar-refractivity contribution in [2.75, 3.05) is 13.1 Å². The van der Waals surface area contributed by atoms with E-state index in [1.165, 1.54) is 0 Å². The average Bonchev–Trinajstić information content (AvgIpc) is 3.35. The fourth-order valence-corrected chi connectivity index (χ4v) is 3.41. The van der Waals surface area contributed by atoms with Gasteiger partial charge in [0.2, 0.25) is 17.5 Å². The summed E-state index contributed by atoms with van der Waals surface area (Å²) in [6.45, 7) is 4.99. The second-order valence-electron chi connectivity index (χ2n) is 6.79. The number of carbonyl (C=O) groups excluding carboxylic acids is 1. The van der Waals surface area contributed by atoms with Crippen LogP contribution in [0.1, 0.15) is 53.7 Å².